The molecule has 0 saturated heterocycles. The molecule has 0 spiro atoms. The number of carboxylic acid groups (broad SMARTS) is 6. The van der Waals surface area contributed by atoms with Crippen LogP contribution in [0.3, 0.4) is 0 Å². The van der Waals surface area contributed by atoms with Crippen LogP contribution in [0.4, 0.5) is 0 Å². The van der Waals surface area contributed by atoms with Gasteiger partial charge >= 0.3 is 105 Å². The maximum absolute atomic E-state index is 8.93. The third kappa shape index (κ3) is 63.3. The topological polar surface area (TPSA) is 259 Å². The van der Waals surface area contributed by atoms with Gasteiger partial charge in [-0.2, -0.15) is 0 Å². The van der Waals surface area contributed by atoms with Crippen molar-refractivity contribution in [3.8, 4) is 0 Å². The van der Waals surface area contributed by atoms with Gasteiger partial charge in [-0.15, -0.1) is 0 Å². The molecule has 0 aromatic carbocycles. The second kappa shape index (κ2) is 32.0. The summed E-state index contributed by atoms with van der Waals surface area (Å²) in [6, 6.07) is 0. The first-order valence-corrected chi connectivity index (χ1v) is 9.93. The van der Waals surface area contributed by atoms with E-state index in [1.54, 1.807) is 0 Å². The Morgan fingerprint density at radius 1 is 0.533 bits per heavy atom. The van der Waals surface area contributed by atoms with E-state index >= 15 is 0 Å². The number of carbonyl (C=O) groups is 6. The van der Waals surface area contributed by atoms with Crippen molar-refractivity contribution < 1.29 is 65.6 Å². The number of unbranched alkanes of at least 4 members (excludes halogenated alkanes) is 2. The summed E-state index contributed by atoms with van der Waals surface area (Å²) in [6.45, 7) is 6.23. The van der Waals surface area contributed by atoms with Crippen LogP contribution in [0.1, 0.15) is 39.5 Å². The first-order chi connectivity index (χ1) is 13.8. The van der Waals surface area contributed by atoms with Crippen LogP contribution < -0.4 is 30.6 Å². The van der Waals surface area contributed by atoms with Gasteiger partial charge in [-0.25, -0.2) is 0 Å². The Balaban J connectivity index is -0.0000000868. The van der Waals surface area contributed by atoms with Crippen molar-refractivity contribution in [1.82, 2.24) is 0 Å². The summed E-state index contributed by atoms with van der Waals surface area (Å²) in [7, 11) is 0. The monoisotopic (exact) mass is 650 g/mol. The Hall–Kier alpha value is -1.66. The summed E-state index contributed by atoms with van der Waals surface area (Å²) >= 11 is 2.39. The Labute approximate surface area is 199 Å². The molecule has 0 aliphatic heterocycles. The first-order valence-electron chi connectivity index (χ1n) is 7.60. The molecular formula is C14H18O14Sn2. The molecule has 0 heterocycles. The van der Waals surface area contributed by atoms with Gasteiger partial charge in [-0.1, -0.05) is 0 Å². The van der Waals surface area contributed by atoms with Crippen molar-refractivity contribution >= 4 is 81.7 Å². The summed E-state index contributed by atoms with van der Waals surface area (Å²) in [5, 5.41) is 53.6. The van der Waals surface area contributed by atoms with Crippen molar-refractivity contribution in [3.05, 3.63) is 0 Å². The average molecular weight is 648 g/mol. The third-order valence-corrected chi connectivity index (χ3v) is 2.87. The molecule has 0 saturated carbocycles. The molecule has 16 heteroatoms. The molecule has 0 N–H and O–H groups in total. The molecule has 0 atom stereocenters. The van der Waals surface area contributed by atoms with Crippen molar-refractivity contribution in [2.75, 3.05) is 13.2 Å². The summed E-state index contributed by atoms with van der Waals surface area (Å²) in [5.41, 5.74) is 0. The number of hydrogen-bond acceptors (Lipinski definition) is 14. The maximum Gasteiger partial charge on any atom is 0.0870 e. The van der Waals surface area contributed by atoms with Crippen molar-refractivity contribution in [2.45, 2.75) is 39.5 Å². The fourth-order valence-corrected chi connectivity index (χ4v) is 1.26. The molecule has 0 aromatic rings. The SMILES string of the molecule is CCCC[O][Sn+3].CCCC[O][Sn+3].O=C([O-])C(=O)[O-].O=C([O-])C(=O)[O-].O=C([O-])C(=O)[O-]. The number of carbonyl (C=O) groups excluding carboxylic acids is 6. The molecule has 0 unspecified atom stereocenters. The normalized spacial score (nSPS) is 8.07. The zero-order valence-electron chi connectivity index (χ0n) is 16.0. The molecule has 166 valence electrons. The van der Waals surface area contributed by atoms with Gasteiger partial charge in [0.05, 0.1) is 35.8 Å². The van der Waals surface area contributed by atoms with E-state index < -0.39 is 35.8 Å². The molecule has 0 aliphatic rings. The molecule has 14 nitrogen and oxygen atoms in total. The summed E-state index contributed by atoms with van der Waals surface area (Å²) in [6.07, 6.45) is 4.92. The minimum absolute atomic E-state index is 0.953. The van der Waals surface area contributed by atoms with Crippen LogP contribution in [0, 0.1) is 0 Å². The molecule has 0 amide bonds. The molecular weight excluding hydrogens is 630 g/mol. The van der Waals surface area contributed by atoms with E-state index in [4.69, 9.17) is 65.6 Å². The molecule has 0 fully saturated rings. The molecule has 0 bridgehead atoms. The quantitative estimate of drug-likeness (QED) is 0.147. The van der Waals surface area contributed by atoms with E-state index in [-0.39, 0.29) is 0 Å². The van der Waals surface area contributed by atoms with Crippen LogP contribution in [0.25, 0.3) is 0 Å². The van der Waals surface area contributed by atoms with Gasteiger partial charge in [-0.05, 0) is 0 Å². The number of aliphatic carboxylic acids is 6. The smallest absolute Gasteiger partial charge is 0.0870 e. The first kappa shape index (κ1) is 38.9. The predicted molar refractivity (Wildman–Crippen MR) is 83.3 cm³/mol. The zero-order chi connectivity index (χ0) is 25.1. The van der Waals surface area contributed by atoms with Gasteiger partial charge < -0.3 is 59.4 Å². The van der Waals surface area contributed by atoms with Gasteiger partial charge in [0, 0.05) is 0 Å². The van der Waals surface area contributed by atoms with Gasteiger partial charge in [0.15, 0.2) is 0 Å². The Kier molecular flexibility index (Phi) is 41.5. The second-order valence-electron chi connectivity index (χ2n) is 4.13. The van der Waals surface area contributed by atoms with E-state index in [1.807, 2.05) is 0 Å². The van der Waals surface area contributed by atoms with Crippen LogP contribution >= 0.6 is 0 Å². The molecule has 0 aromatic heterocycles. The van der Waals surface area contributed by atoms with Crippen molar-refractivity contribution in [2.24, 2.45) is 0 Å². The fraction of sp³-hybridized carbons (Fsp3) is 0.571. The minimum Gasteiger partial charge on any atom is -0.543 e. The van der Waals surface area contributed by atoms with E-state index in [9.17, 15) is 0 Å². The van der Waals surface area contributed by atoms with Crippen molar-refractivity contribution in [1.29, 1.82) is 0 Å². The average Bonchev–Trinajstić information content (AvgIpc) is 2.66. The van der Waals surface area contributed by atoms with E-state index in [2.05, 4.69) is 13.8 Å². The van der Waals surface area contributed by atoms with Crippen molar-refractivity contribution in [3.63, 3.8) is 0 Å². The summed E-state index contributed by atoms with van der Waals surface area (Å²) in [4.78, 5) is 53.6. The van der Waals surface area contributed by atoms with Crippen LogP contribution in [0.2, 0.25) is 0 Å². The largest absolute Gasteiger partial charge is 0.543 e. The fourth-order valence-electron chi connectivity index (χ4n) is 0.433. The molecule has 30 heavy (non-hydrogen) atoms. The number of carboxylic acids is 6. The van der Waals surface area contributed by atoms with E-state index in [0.717, 1.165) is 13.2 Å². The number of hydrogen-bond donors (Lipinski definition) is 0. The molecule has 0 radical (unpaired) electrons. The second-order valence-corrected chi connectivity index (χ2v) is 5.78. The summed E-state index contributed by atoms with van der Waals surface area (Å²) in [5.74, 6) is -13.1. The van der Waals surface area contributed by atoms with Gasteiger partial charge in [0.1, 0.15) is 0 Å². The molecule has 0 aliphatic carbocycles. The maximum atomic E-state index is 8.93. The van der Waals surface area contributed by atoms with Crippen LogP contribution in [-0.4, -0.2) is 94.9 Å². The third-order valence-electron chi connectivity index (χ3n) is 1.70. The summed E-state index contributed by atoms with van der Waals surface area (Å²) < 4.78 is 9.74. The van der Waals surface area contributed by atoms with Gasteiger partial charge in [-0.3, -0.25) is 0 Å². The van der Waals surface area contributed by atoms with E-state index in [1.165, 1.54) is 71.6 Å². The number of rotatable bonds is 6. The predicted octanol–water partition coefficient (Wildman–Crippen LogP) is -8.77. The van der Waals surface area contributed by atoms with Crippen LogP contribution in [-0.2, 0) is 34.9 Å². The van der Waals surface area contributed by atoms with Gasteiger partial charge in [0.2, 0.25) is 0 Å². The minimum atomic E-state index is -2.19. The van der Waals surface area contributed by atoms with Gasteiger partial charge in [0.25, 0.3) is 0 Å². The zero-order valence-corrected chi connectivity index (χ0v) is 21.7. The standard InChI is InChI=1S/2C4H9O.3C2H2O4.2Sn/c2*1-2-3-4-5;3*3-1(4)2(5)6;;/h2*2-4H2,1H3;3*(H,3,4)(H,5,6);;/q2*-1;;;;2*+4/p-6. The van der Waals surface area contributed by atoms with Crippen LogP contribution in [0.5, 0.6) is 0 Å². The Morgan fingerprint density at radius 2 is 0.700 bits per heavy atom. The van der Waals surface area contributed by atoms with Crippen LogP contribution in [0.15, 0.2) is 0 Å². The Bertz CT molecular complexity index is 386. The Morgan fingerprint density at radius 3 is 0.733 bits per heavy atom. The molecule has 0 rings (SSSR count). The van der Waals surface area contributed by atoms with E-state index in [0.29, 0.717) is 0 Å².